The third-order valence-electron chi connectivity index (χ3n) is 6.84. The van der Waals surface area contributed by atoms with Crippen LogP contribution in [0.1, 0.15) is 54.9 Å². The maximum atomic E-state index is 11.8. The Morgan fingerprint density at radius 1 is 0.966 bits per heavy atom. The van der Waals surface area contributed by atoms with Gasteiger partial charge in [-0.2, -0.15) is 0 Å². The Labute approximate surface area is 180 Å². The van der Waals surface area contributed by atoms with E-state index in [1.165, 1.54) is 0 Å². The van der Waals surface area contributed by atoms with Gasteiger partial charge in [0.2, 0.25) is 0 Å². The Hall–Kier alpha value is -0.636. The molecule has 0 N–H and O–H groups in total. The van der Waals surface area contributed by atoms with Crippen LogP contribution >= 0.6 is 0 Å². The molecule has 0 aromatic rings. The zero-order chi connectivity index (χ0) is 22.7. The molecule has 1 rings (SSSR count). The number of carbonyl (C=O) groups is 1. The lowest BCUT2D eigenvalue weighted by Crippen LogP contribution is -2.47. The molecule has 0 bridgehead atoms. The zero-order valence-electron chi connectivity index (χ0n) is 20.6. The van der Waals surface area contributed by atoms with Gasteiger partial charge >= 0.3 is 6.16 Å². The van der Waals surface area contributed by atoms with Crippen LogP contribution in [-0.4, -0.2) is 48.7 Å². The summed E-state index contributed by atoms with van der Waals surface area (Å²) >= 11 is 0. The van der Waals surface area contributed by atoms with Crippen LogP contribution < -0.4 is 0 Å². The molecular formula is C22H44O5Si2. The van der Waals surface area contributed by atoms with Gasteiger partial charge < -0.3 is 18.3 Å². The first-order chi connectivity index (χ1) is 12.9. The van der Waals surface area contributed by atoms with E-state index in [4.69, 9.17) is 18.3 Å². The molecule has 0 aliphatic heterocycles. The van der Waals surface area contributed by atoms with Crippen molar-refractivity contribution in [3.8, 4) is 0 Å². The summed E-state index contributed by atoms with van der Waals surface area (Å²) in [5, 5.41) is 0.273. The first kappa shape index (κ1) is 26.4. The molecule has 0 saturated carbocycles. The van der Waals surface area contributed by atoms with E-state index < -0.39 is 22.8 Å². The van der Waals surface area contributed by atoms with Crippen molar-refractivity contribution in [1.82, 2.24) is 0 Å². The second-order valence-corrected chi connectivity index (χ2v) is 21.0. The smallest absolute Gasteiger partial charge is 0.435 e. The molecule has 0 amide bonds. The third kappa shape index (κ3) is 7.22. The topological polar surface area (TPSA) is 54.0 Å². The minimum absolute atomic E-state index is 0.137. The summed E-state index contributed by atoms with van der Waals surface area (Å²) in [5.41, 5.74) is -0.289. The van der Waals surface area contributed by atoms with Gasteiger partial charge in [0.15, 0.2) is 16.6 Å². The molecule has 1 aliphatic rings. The molecule has 0 spiro atoms. The molecular weight excluding hydrogens is 400 g/mol. The first-order valence-corrected chi connectivity index (χ1v) is 16.6. The highest BCUT2D eigenvalue weighted by atomic mass is 28.4. The van der Waals surface area contributed by atoms with Crippen molar-refractivity contribution < 1.29 is 23.1 Å². The van der Waals surface area contributed by atoms with E-state index >= 15 is 0 Å². The van der Waals surface area contributed by atoms with Gasteiger partial charge in [-0.05, 0) is 49.3 Å². The lowest BCUT2D eigenvalue weighted by atomic mass is 9.89. The van der Waals surface area contributed by atoms with E-state index in [1.54, 1.807) is 6.92 Å². The molecule has 5 nitrogen and oxygen atoms in total. The van der Waals surface area contributed by atoms with Crippen LogP contribution in [0.15, 0.2) is 12.2 Å². The van der Waals surface area contributed by atoms with E-state index in [0.717, 1.165) is 0 Å². The summed E-state index contributed by atoms with van der Waals surface area (Å²) < 4.78 is 23.6. The molecule has 0 heterocycles. The van der Waals surface area contributed by atoms with E-state index in [-0.39, 0.29) is 21.6 Å². The summed E-state index contributed by atoms with van der Waals surface area (Å²) in [5.74, 6) is 0. The molecule has 1 aliphatic carbocycles. The van der Waals surface area contributed by atoms with Gasteiger partial charge in [-0.3, -0.25) is 0 Å². The SMILES string of the molecule is CCOC(=O)OC1C=CC(CO[Si](C)(C)C(C)(C)C)(CO[Si](C)(C)C(C)(C)C)C1. The number of rotatable bonds is 8. The van der Waals surface area contributed by atoms with Gasteiger partial charge in [-0.15, -0.1) is 0 Å². The monoisotopic (exact) mass is 444 g/mol. The molecule has 7 heteroatoms. The average Bonchev–Trinajstić information content (AvgIpc) is 2.93. The Balaban J connectivity index is 2.96. The van der Waals surface area contributed by atoms with Gasteiger partial charge in [0.05, 0.1) is 6.61 Å². The summed E-state index contributed by atoms with van der Waals surface area (Å²) in [4.78, 5) is 11.8. The Morgan fingerprint density at radius 3 is 1.79 bits per heavy atom. The quantitative estimate of drug-likeness (QED) is 0.242. The van der Waals surface area contributed by atoms with Crippen LogP contribution in [0.5, 0.6) is 0 Å². The van der Waals surface area contributed by atoms with Crippen LogP contribution in [0, 0.1) is 5.41 Å². The summed E-state index contributed by atoms with van der Waals surface area (Å²) in [6, 6.07) is 0. The Bertz CT molecular complexity index is 555. The molecule has 0 aromatic carbocycles. The average molecular weight is 445 g/mol. The third-order valence-corrected chi connectivity index (χ3v) is 15.8. The number of hydrogen-bond acceptors (Lipinski definition) is 5. The zero-order valence-corrected chi connectivity index (χ0v) is 22.6. The largest absolute Gasteiger partial charge is 0.508 e. The molecule has 29 heavy (non-hydrogen) atoms. The number of ether oxygens (including phenoxy) is 2. The van der Waals surface area contributed by atoms with Gasteiger partial charge in [0.25, 0.3) is 0 Å². The van der Waals surface area contributed by atoms with Crippen LogP contribution in [0.25, 0.3) is 0 Å². The fraction of sp³-hybridized carbons (Fsp3) is 0.864. The lowest BCUT2D eigenvalue weighted by Gasteiger charge is -2.42. The summed E-state index contributed by atoms with van der Waals surface area (Å²) in [6.07, 6.45) is 3.83. The highest BCUT2D eigenvalue weighted by molar-refractivity contribution is 6.74. The summed E-state index contributed by atoms with van der Waals surface area (Å²) in [6.45, 7) is 25.8. The van der Waals surface area contributed by atoms with E-state index in [9.17, 15) is 4.79 Å². The van der Waals surface area contributed by atoms with E-state index in [0.29, 0.717) is 26.2 Å². The Morgan fingerprint density at radius 2 is 1.41 bits per heavy atom. The van der Waals surface area contributed by atoms with Crippen LogP contribution in [0.3, 0.4) is 0 Å². The molecule has 0 fully saturated rings. The van der Waals surface area contributed by atoms with Gasteiger partial charge in [-0.1, -0.05) is 47.6 Å². The Kier molecular flexibility index (Phi) is 8.41. The van der Waals surface area contributed by atoms with Crippen LogP contribution in [0.2, 0.25) is 36.3 Å². The van der Waals surface area contributed by atoms with Crippen LogP contribution in [-0.2, 0) is 18.3 Å². The van der Waals surface area contributed by atoms with Gasteiger partial charge in [0.1, 0.15) is 6.10 Å². The highest BCUT2D eigenvalue weighted by Gasteiger charge is 2.45. The lowest BCUT2D eigenvalue weighted by molar-refractivity contribution is 0.0209. The fourth-order valence-corrected chi connectivity index (χ4v) is 4.70. The van der Waals surface area contributed by atoms with Crippen molar-refractivity contribution in [1.29, 1.82) is 0 Å². The van der Waals surface area contributed by atoms with E-state index in [2.05, 4.69) is 73.8 Å². The molecule has 1 unspecified atom stereocenters. The minimum atomic E-state index is -1.91. The van der Waals surface area contributed by atoms with Crippen molar-refractivity contribution in [2.75, 3.05) is 19.8 Å². The van der Waals surface area contributed by atoms with Crippen LogP contribution in [0.4, 0.5) is 4.79 Å². The minimum Gasteiger partial charge on any atom is -0.435 e. The maximum absolute atomic E-state index is 11.8. The summed E-state index contributed by atoms with van der Waals surface area (Å²) in [7, 11) is -3.82. The highest BCUT2D eigenvalue weighted by Crippen LogP contribution is 2.43. The molecule has 0 aromatic heterocycles. The van der Waals surface area contributed by atoms with Crippen molar-refractivity contribution in [2.45, 2.75) is 97.3 Å². The predicted molar refractivity (Wildman–Crippen MR) is 124 cm³/mol. The molecule has 170 valence electrons. The standard InChI is InChI=1S/C22H44O5Si2/c1-12-24-19(23)27-18-13-14-22(15-18,16-25-28(8,9)20(2,3)4)17-26-29(10,11)21(5,6)7/h13-14,18H,12,15-17H2,1-11H3. The van der Waals surface area contributed by atoms with Crippen molar-refractivity contribution >= 4 is 22.8 Å². The molecule has 0 saturated heterocycles. The van der Waals surface area contributed by atoms with Crippen molar-refractivity contribution in [3.05, 3.63) is 12.2 Å². The van der Waals surface area contributed by atoms with Gasteiger partial charge in [0, 0.05) is 25.0 Å². The maximum Gasteiger partial charge on any atom is 0.508 e. The molecule has 0 radical (unpaired) electrons. The van der Waals surface area contributed by atoms with Crippen molar-refractivity contribution in [3.63, 3.8) is 0 Å². The van der Waals surface area contributed by atoms with Gasteiger partial charge in [-0.25, -0.2) is 4.79 Å². The second kappa shape index (κ2) is 9.24. The molecule has 1 atom stereocenters. The van der Waals surface area contributed by atoms with Crippen molar-refractivity contribution in [2.24, 2.45) is 5.41 Å². The predicted octanol–water partition coefficient (Wildman–Crippen LogP) is 6.52. The first-order valence-electron chi connectivity index (χ1n) is 10.8. The van der Waals surface area contributed by atoms with E-state index in [1.807, 2.05) is 6.08 Å². The fourth-order valence-electron chi connectivity index (χ4n) is 2.54. The number of hydrogen-bond donors (Lipinski definition) is 0. The normalized spacial score (nSPS) is 20.0. The number of carbonyl (C=O) groups excluding carboxylic acids is 1. The second-order valence-electron chi connectivity index (χ2n) is 11.4.